The lowest BCUT2D eigenvalue weighted by atomic mass is 9.98. The van der Waals surface area contributed by atoms with Gasteiger partial charge in [-0.2, -0.15) is 0 Å². The largest absolute Gasteiger partial charge is 0.508 e. The molecule has 30 heavy (non-hydrogen) atoms. The topological polar surface area (TPSA) is 32.3 Å². The number of allylic oxidation sites excluding steroid dienone is 2. The van der Waals surface area contributed by atoms with E-state index in [2.05, 4.69) is 63.5 Å². The third kappa shape index (κ3) is 12.9. The zero-order valence-electron chi connectivity index (χ0n) is 20.1. The van der Waals surface area contributed by atoms with Gasteiger partial charge in [0.1, 0.15) is 5.75 Å². The van der Waals surface area contributed by atoms with Crippen LogP contribution in [0.1, 0.15) is 71.1 Å². The summed E-state index contributed by atoms with van der Waals surface area (Å²) in [6.45, 7) is 21.1. The summed E-state index contributed by atoms with van der Waals surface area (Å²) < 4.78 is 0. The molecule has 0 aliphatic heterocycles. The van der Waals surface area contributed by atoms with Gasteiger partial charge in [0.25, 0.3) is 0 Å². The Kier molecular flexibility index (Phi) is 15.0. The van der Waals surface area contributed by atoms with Crippen molar-refractivity contribution in [2.24, 2.45) is 5.92 Å². The first-order valence-corrected chi connectivity index (χ1v) is 11.2. The number of benzene rings is 2. The van der Waals surface area contributed by atoms with Crippen molar-refractivity contribution in [3.63, 3.8) is 0 Å². The van der Waals surface area contributed by atoms with Crippen LogP contribution in [0.25, 0.3) is 0 Å². The first-order valence-electron chi connectivity index (χ1n) is 11.2. The molecule has 0 spiro atoms. The zero-order chi connectivity index (χ0) is 22.9. The molecule has 0 aliphatic rings. The maximum atomic E-state index is 9.35. The van der Waals surface area contributed by atoms with Gasteiger partial charge in [0.15, 0.2) is 0 Å². The average Bonchev–Trinajstić information content (AvgIpc) is 2.74. The number of hydrogen-bond donors (Lipinski definition) is 2. The Morgan fingerprint density at radius 3 is 2.03 bits per heavy atom. The molecular weight excluding hydrogens is 366 g/mol. The quantitative estimate of drug-likeness (QED) is 0.414. The van der Waals surface area contributed by atoms with E-state index < -0.39 is 0 Å². The lowest BCUT2D eigenvalue weighted by Gasteiger charge is -2.08. The zero-order valence-corrected chi connectivity index (χ0v) is 20.1. The van der Waals surface area contributed by atoms with Crippen molar-refractivity contribution in [1.82, 2.24) is 5.32 Å². The molecule has 0 radical (unpaired) electrons. The lowest BCUT2D eigenvalue weighted by Crippen LogP contribution is -2.09. The molecule has 0 amide bonds. The van der Waals surface area contributed by atoms with Crippen LogP contribution in [0.3, 0.4) is 0 Å². The lowest BCUT2D eigenvalue weighted by molar-refractivity contribution is 0.466. The Bertz CT molecular complexity index is 729. The second-order valence-electron chi connectivity index (χ2n) is 7.79. The summed E-state index contributed by atoms with van der Waals surface area (Å²) in [5.74, 6) is 1.10. The smallest absolute Gasteiger partial charge is 0.120 e. The Labute approximate surface area is 185 Å². The van der Waals surface area contributed by atoms with E-state index in [1.165, 1.54) is 23.1 Å². The summed E-state index contributed by atoms with van der Waals surface area (Å²) in [4.78, 5) is 0. The fourth-order valence-corrected chi connectivity index (χ4v) is 2.67. The molecule has 2 aromatic carbocycles. The summed E-state index contributed by atoms with van der Waals surface area (Å²) in [5.41, 5.74) is 5.96. The summed E-state index contributed by atoms with van der Waals surface area (Å²) in [5, 5.41) is 12.4. The van der Waals surface area contributed by atoms with Crippen LogP contribution < -0.4 is 5.32 Å². The second-order valence-corrected chi connectivity index (χ2v) is 7.79. The second kappa shape index (κ2) is 16.3. The Morgan fingerprint density at radius 2 is 1.53 bits per heavy atom. The van der Waals surface area contributed by atoms with Crippen molar-refractivity contribution >= 4 is 0 Å². The van der Waals surface area contributed by atoms with E-state index in [1.807, 2.05) is 32.9 Å². The summed E-state index contributed by atoms with van der Waals surface area (Å²) in [6, 6.07) is 16.2. The van der Waals surface area contributed by atoms with Crippen molar-refractivity contribution in [2.45, 2.75) is 73.8 Å². The highest BCUT2D eigenvalue weighted by molar-refractivity contribution is 5.31. The maximum absolute atomic E-state index is 9.35. The van der Waals surface area contributed by atoms with Crippen molar-refractivity contribution in [3.8, 4) is 5.75 Å². The number of nitrogens with one attached hydrogen (secondary N) is 1. The molecule has 2 rings (SSSR count). The van der Waals surface area contributed by atoms with Crippen molar-refractivity contribution < 1.29 is 5.11 Å². The summed E-state index contributed by atoms with van der Waals surface area (Å²) >= 11 is 0. The van der Waals surface area contributed by atoms with E-state index in [0.717, 1.165) is 36.4 Å². The fourth-order valence-electron chi connectivity index (χ4n) is 2.67. The van der Waals surface area contributed by atoms with Crippen LogP contribution in [0.4, 0.5) is 0 Å². The van der Waals surface area contributed by atoms with E-state index in [4.69, 9.17) is 0 Å². The van der Waals surface area contributed by atoms with Gasteiger partial charge in [-0.15, -0.1) is 0 Å². The molecule has 0 fully saturated rings. The number of phenolic OH excluding ortho intramolecular Hbond substituents is 1. The van der Waals surface area contributed by atoms with Gasteiger partial charge in [-0.25, -0.2) is 0 Å². The standard InChI is InChI=1S/C16H24.C10H13NO.C2H6/c1-5-15-8-10-16(11-9-15)12-14(4)7-6-13(2)3;1-8(2)11-7-9-5-3-4-6-10(9)12;1-2/h8-11,13H,4-7,12H2,1-3H3;3-6,11-12H,1,7H2,2H3;1-2H3. The van der Waals surface area contributed by atoms with Crippen LogP contribution >= 0.6 is 0 Å². The van der Waals surface area contributed by atoms with Crippen molar-refractivity contribution in [2.75, 3.05) is 0 Å². The van der Waals surface area contributed by atoms with E-state index in [9.17, 15) is 5.11 Å². The highest BCUT2D eigenvalue weighted by Crippen LogP contribution is 2.16. The van der Waals surface area contributed by atoms with Crippen LogP contribution in [0.2, 0.25) is 0 Å². The fraction of sp³-hybridized carbons (Fsp3) is 0.429. The van der Waals surface area contributed by atoms with Crippen LogP contribution in [-0.2, 0) is 19.4 Å². The van der Waals surface area contributed by atoms with E-state index in [1.54, 1.807) is 12.1 Å². The van der Waals surface area contributed by atoms with Gasteiger partial charge in [0, 0.05) is 17.8 Å². The van der Waals surface area contributed by atoms with Gasteiger partial charge in [0.2, 0.25) is 0 Å². The molecule has 2 nitrogen and oxygen atoms in total. The Hall–Kier alpha value is -2.48. The molecule has 0 saturated heterocycles. The van der Waals surface area contributed by atoms with Gasteiger partial charge in [-0.3, -0.25) is 0 Å². The Balaban J connectivity index is 0.000000535. The van der Waals surface area contributed by atoms with Gasteiger partial charge < -0.3 is 10.4 Å². The van der Waals surface area contributed by atoms with Gasteiger partial charge in [-0.1, -0.05) is 95.8 Å². The number of aryl methyl sites for hydroxylation is 1. The predicted octanol–water partition coefficient (Wildman–Crippen LogP) is 7.83. The maximum Gasteiger partial charge on any atom is 0.120 e. The summed E-state index contributed by atoms with van der Waals surface area (Å²) in [7, 11) is 0. The van der Waals surface area contributed by atoms with Crippen LogP contribution in [0.15, 0.2) is 73.0 Å². The van der Waals surface area contributed by atoms with E-state index in [-0.39, 0.29) is 0 Å². The molecule has 166 valence electrons. The van der Waals surface area contributed by atoms with Gasteiger partial charge in [0.05, 0.1) is 0 Å². The minimum absolute atomic E-state index is 0.325. The molecule has 0 atom stereocenters. The minimum Gasteiger partial charge on any atom is -0.508 e. The third-order valence-electron chi connectivity index (χ3n) is 4.53. The minimum atomic E-state index is 0.325. The van der Waals surface area contributed by atoms with E-state index in [0.29, 0.717) is 12.3 Å². The van der Waals surface area contributed by atoms with E-state index >= 15 is 0 Å². The SMILES string of the molecule is C=C(C)NCc1ccccc1O.C=C(CCC(C)C)Cc1ccc(CC)cc1.CC. The number of hydrogen-bond acceptors (Lipinski definition) is 2. The molecule has 0 saturated carbocycles. The summed E-state index contributed by atoms with van der Waals surface area (Å²) in [6.07, 6.45) is 4.57. The first kappa shape index (κ1) is 27.5. The van der Waals surface area contributed by atoms with Crippen molar-refractivity contribution in [1.29, 1.82) is 0 Å². The molecule has 2 heteroatoms. The predicted molar refractivity (Wildman–Crippen MR) is 134 cm³/mol. The van der Waals surface area contributed by atoms with Gasteiger partial charge in [-0.05, 0) is 55.7 Å². The molecule has 0 unspecified atom stereocenters. The number of aromatic hydroxyl groups is 1. The molecule has 2 N–H and O–H groups in total. The van der Waals surface area contributed by atoms with Crippen molar-refractivity contribution in [3.05, 3.63) is 89.6 Å². The van der Waals surface area contributed by atoms with Crippen LogP contribution in [0, 0.1) is 5.92 Å². The molecular formula is C28H43NO. The van der Waals surface area contributed by atoms with Crippen LogP contribution in [0.5, 0.6) is 5.75 Å². The van der Waals surface area contributed by atoms with Crippen LogP contribution in [-0.4, -0.2) is 5.11 Å². The van der Waals surface area contributed by atoms with Gasteiger partial charge >= 0.3 is 0 Å². The number of rotatable bonds is 9. The monoisotopic (exact) mass is 409 g/mol. The first-order chi connectivity index (χ1) is 14.3. The third-order valence-corrected chi connectivity index (χ3v) is 4.53. The molecule has 0 aliphatic carbocycles. The number of phenols is 1. The molecule has 0 aromatic heterocycles. The highest BCUT2D eigenvalue weighted by Gasteiger charge is 2.00. The molecule has 0 bridgehead atoms. The molecule has 2 aromatic rings. The Morgan fingerprint density at radius 1 is 0.967 bits per heavy atom. The highest BCUT2D eigenvalue weighted by atomic mass is 16.3. The molecule has 0 heterocycles. The normalized spacial score (nSPS) is 9.70. The number of para-hydroxylation sites is 1. The average molecular weight is 410 g/mol.